The second kappa shape index (κ2) is 9.11. The molecule has 0 spiro atoms. The minimum Gasteiger partial charge on any atom is -0.360 e. The van der Waals surface area contributed by atoms with E-state index in [4.69, 9.17) is 0 Å². The number of nitro groups is 1. The molecule has 0 saturated carbocycles. The van der Waals surface area contributed by atoms with Crippen LogP contribution in [0.1, 0.15) is 13.8 Å². The van der Waals surface area contributed by atoms with Crippen LogP contribution in [-0.2, 0) is 4.79 Å². The summed E-state index contributed by atoms with van der Waals surface area (Å²) in [6, 6.07) is 4.18. The molecule has 2 rings (SSSR count). The number of carbonyl (C=O) groups is 1. The maximum Gasteiger partial charge on any atom is 0.270 e. The van der Waals surface area contributed by atoms with Gasteiger partial charge in [0.05, 0.1) is 16.4 Å². The Balaban J connectivity index is 1.85. The van der Waals surface area contributed by atoms with Crippen molar-refractivity contribution in [2.45, 2.75) is 18.2 Å². The number of nitro benzene ring substituents is 1. The van der Waals surface area contributed by atoms with Crippen molar-refractivity contribution in [1.29, 1.82) is 0 Å². The van der Waals surface area contributed by atoms with Crippen molar-refractivity contribution in [3.8, 4) is 0 Å². The van der Waals surface area contributed by atoms with Gasteiger partial charge in [0.2, 0.25) is 11.0 Å². The molecule has 0 bridgehead atoms. The molecule has 2 aromatic rings. The molecular formula is C14H16BrN5O3S2. The summed E-state index contributed by atoms with van der Waals surface area (Å²) in [5.74, 6) is 0.444. The fourth-order valence-corrected chi connectivity index (χ4v) is 3.69. The van der Waals surface area contributed by atoms with Gasteiger partial charge in [0.25, 0.3) is 5.69 Å². The number of rotatable bonds is 8. The van der Waals surface area contributed by atoms with Gasteiger partial charge in [0.1, 0.15) is 0 Å². The largest absolute Gasteiger partial charge is 0.360 e. The Morgan fingerprint density at radius 1 is 1.44 bits per heavy atom. The summed E-state index contributed by atoms with van der Waals surface area (Å²) in [5, 5.41) is 25.4. The molecule has 0 atom stereocenters. The van der Waals surface area contributed by atoms with Crippen LogP contribution in [0.2, 0.25) is 0 Å². The van der Waals surface area contributed by atoms with Gasteiger partial charge in [-0.15, -0.1) is 10.2 Å². The van der Waals surface area contributed by atoms with E-state index in [9.17, 15) is 14.9 Å². The van der Waals surface area contributed by atoms with Crippen molar-refractivity contribution in [2.75, 3.05) is 22.9 Å². The molecule has 0 radical (unpaired) electrons. The van der Waals surface area contributed by atoms with Crippen LogP contribution in [0.15, 0.2) is 27.0 Å². The zero-order chi connectivity index (χ0) is 18.4. The summed E-state index contributed by atoms with van der Waals surface area (Å²) in [6.07, 6.45) is 0. The van der Waals surface area contributed by atoms with Gasteiger partial charge in [0.15, 0.2) is 4.34 Å². The molecule has 25 heavy (non-hydrogen) atoms. The van der Waals surface area contributed by atoms with Gasteiger partial charge >= 0.3 is 0 Å². The Hall–Kier alpha value is -1.72. The molecule has 1 amide bonds. The molecule has 0 fully saturated rings. The van der Waals surface area contributed by atoms with E-state index in [0.717, 1.165) is 11.7 Å². The first-order valence-corrected chi connectivity index (χ1v) is 9.88. The summed E-state index contributed by atoms with van der Waals surface area (Å²) in [6.45, 7) is 5.02. The first-order valence-electron chi connectivity index (χ1n) is 7.29. The van der Waals surface area contributed by atoms with E-state index in [-0.39, 0.29) is 17.3 Å². The lowest BCUT2D eigenvalue weighted by atomic mass is 10.2. The fourth-order valence-electron chi connectivity index (χ4n) is 1.66. The van der Waals surface area contributed by atoms with Crippen LogP contribution in [0.4, 0.5) is 16.5 Å². The number of hydrogen-bond donors (Lipinski definition) is 2. The molecule has 134 valence electrons. The van der Waals surface area contributed by atoms with Gasteiger partial charge in [-0.25, -0.2) is 0 Å². The number of nitrogens with zero attached hydrogens (tertiary/aromatic N) is 3. The van der Waals surface area contributed by atoms with Gasteiger partial charge in [-0.1, -0.05) is 36.9 Å². The summed E-state index contributed by atoms with van der Waals surface area (Å²) < 4.78 is 1.15. The molecule has 1 aromatic carbocycles. The van der Waals surface area contributed by atoms with Crippen molar-refractivity contribution in [1.82, 2.24) is 10.2 Å². The lowest BCUT2D eigenvalue weighted by Gasteiger charge is -2.06. The molecule has 1 aromatic heterocycles. The Morgan fingerprint density at radius 3 is 2.84 bits per heavy atom. The molecule has 0 unspecified atom stereocenters. The highest BCUT2D eigenvalue weighted by molar-refractivity contribution is 9.10. The van der Waals surface area contributed by atoms with E-state index in [1.807, 2.05) is 0 Å². The van der Waals surface area contributed by atoms with Crippen molar-refractivity contribution < 1.29 is 9.72 Å². The number of nitrogens with one attached hydrogen (secondary N) is 2. The predicted octanol–water partition coefficient (Wildman–Crippen LogP) is 4.01. The Morgan fingerprint density at radius 2 is 2.20 bits per heavy atom. The minimum atomic E-state index is -0.493. The van der Waals surface area contributed by atoms with Crippen LogP contribution in [0.25, 0.3) is 0 Å². The Labute approximate surface area is 161 Å². The standard InChI is InChI=1S/C14H16BrN5O3S2/c1-8(2)6-16-13-18-19-14(25-13)24-7-12(21)17-11-4-3-9(20(22)23)5-10(11)15/h3-5,8H,6-7H2,1-2H3,(H,16,18)(H,17,21). The average Bonchev–Trinajstić information content (AvgIpc) is 3.00. The van der Waals surface area contributed by atoms with Crippen LogP contribution >= 0.6 is 39.0 Å². The van der Waals surface area contributed by atoms with Gasteiger partial charge in [0, 0.05) is 23.2 Å². The maximum atomic E-state index is 12.0. The van der Waals surface area contributed by atoms with Crippen LogP contribution in [0.3, 0.4) is 0 Å². The molecular weight excluding hydrogens is 430 g/mol. The number of carbonyl (C=O) groups excluding carboxylic acids is 1. The first kappa shape index (κ1) is 19.6. The van der Waals surface area contributed by atoms with E-state index in [0.29, 0.717) is 20.4 Å². The minimum absolute atomic E-state index is 0.0467. The number of halogens is 1. The quantitative estimate of drug-likeness (QED) is 0.358. The van der Waals surface area contributed by atoms with E-state index < -0.39 is 4.92 Å². The number of benzene rings is 1. The van der Waals surface area contributed by atoms with Gasteiger partial charge in [-0.2, -0.15) is 0 Å². The van der Waals surface area contributed by atoms with Crippen molar-refractivity contribution in [3.63, 3.8) is 0 Å². The molecule has 2 N–H and O–H groups in total. The van der Waals surface area contributed by atoms with Gasteiger partial charge < -0.3 is 10.6 Å². The molecule has 8 nitrogen and oxygen atoms in total. The second-order valence-corrected chi connectivity index (χ2v) is 8.46. The summed E-state index contributed by atoms with van der Waals surface area (Å²) >= 11 is 5.90. The van der Waals surface area contributed by atoms with Crippen LogP contribution < -0.4 is 10.6 Å². The summed E-state index contributed by atoms with van der Waals surface area (Å²) in [4.78, 5) is 22.2. The van der Waals surface area contributed by atoms with Crippen LogP contribution in [0, 0.1) is 16.0 Å². The molecule has 11 heteroatoms. The Kier molecular flexibility index (Phi) is 7.14. The summed E-state index contributed by atoms with van der Waals surface area (Å²) in [5.41, 5.74) is 0.433. The predicted molar refractivity (Wildman–Crippen MR) is 103 cm³/mol. The van der Waals surface area contributed by atoms with E-state index in [1.54, 1.807) is 0 Å². The fraction of sp³-hybridized carbons (Fsp3) is 0.357. The number of amides is 1. The number of hydrogen-bond acceptors (Lipinski definition) is 8. The highest BCUT2D eigenvalue weighted by atomic mass is 79.9. The highest BCUT2D eigenvalue weighted by Crippen LogP contribution is 2.28. The highest BCUT2D eigenvalue weighted by Gasteiger charge is 2.12. The zero-order valence-corrected chi connectivity index (χ0v) is 16.7. The Bertz CT molecular complexity index is 769. The number of thioether (sulfide) groups is 1. The third-order valence-electron chi connectivity index (χ3n) is 2.83. The first-order chi connectivity index (χ1) is 11.8. The van der Waals surface area contributed by atoms with Gasteiger partial charge in [-0.05, 0) is 27.9 Å². The molecule has 0 aliphatic heterocycles. The maximum absolute atomic E-state index is 12.0. The molecule has 0 saturated heterocycles. The number of aromatic nitrogens is 2. The lowest BCUT2D eigenvalue weighted by Crippen LogP contribution is -2.14. The van der Waals surface area contributed by atoms with Crippen LogP contribution in [-0.4, -0.2) is 33.3 Å². The van der Waals surface area contributed by atoms with Gasteiger partial charge in [-0.3, -0.25) is 14.9 Å². The number of non-ortho nitro benzene ring substituents is 1. The second-order valence-electron chi connectivity index (χ2n) is 5.41. The third-order valence-corrected chi connectivity index (χ3v) is 5.50. The summed E-state index contributed by atoms with van der Waals surface area (Å²) in [7, 11) is 0. The lowest BCUT2D eigenvalue weighted by molar-refractivity contribution is -0.384. The topological polar surface area (TPSA) is 110 Å². The van der Waals surface area contributed by atoms with E-state index in [1.165, 1.54) is 41.3 Å². The van der Waals surface area contributed by atoms with Crippen molar-refractivity contribution in [2.24, 2.45) is 5.92 Å². The molecule has 1 heterocycles. The average molecular weight is 446 g/mol. The van der Waals surface area contributed by atoms with E-state index in [2.05, 4.69) is 50.6 Å². The number of anilines is 2. The third kappa shape index (κ3) is 6.25. The molecule has 0 aliphatic carbocycles. The smallest absolute Gasteiger partial charge is 0.270 e. The van der Waals surface area contributed by atoms with Crippen LogP contribution in [0.5, 0.6) is 0 Å². The zero-order valence-electron chi connectivity index (χ0n) is 13.5. The van der Waals surface area contributed by atoms with E-state index >= 15 is 0 Å². The van der Waals surface area contributed by atoms with Crippen molar-refractivity contribution in [3.05, 3.63) is 32.8 Å². The van der Waals surface area contributed by atoms with Crippen molar-refractivity contribution >= 4 is 61.4 Å². The monoisotopic (exact) mass is 445 g/mol. The molecule has 0 aliphatic rings. The normalized spacial score (nSPS) is 10.7. The SMILES string of the molecule is CC(C)CNc1nnc(SCC(=O)Nc2ccc([N+](=O)[O-])cc2Br)s1.